The number of rotatable bonds is 8. The highest BCUT2D eigenvalue weighted by Crippen LogP contribution is 2.11. The first-order chi connectivity index (χ1) is 8.58. The van der Waals surface area contributed by atoms with Gasteiger partial charge in [-0.25, -0.2) is 4.98 Å². The SMILES string of the molecule is CC(C)CCNc1ccc(NCCC(C)C)nc1. The second kappa shape index (κ2) is 7.96. The van der Waals surface area contributed by atoms with E-state index < -0.39 is 0 Å². The van der Waals surface area contributed by atoms with Crippen LogP contribution in [-0.2, 0) is 0 Å². The van der Waals surface area contributed by atoms with E-state index in [-0.39, 0.29) is 0 Å². The third-order valence-corrected chi connectivity index (χ3v) is 2.84. The number of hydrogen-bond acceptors (Lipinski definition) is 3. The maximum Gasteiger partial charge on any atom is 0.126 e. The fourth-order valence-corrected chi connectivity index (χ4v) is 1.60. The van der Waals surface area contributed by atoms with Crippen LogP contribution in [0.5, 0.6) is 0 Å². The summed E-state index contributed by atoms with van der Waals surface area (Å²) in [4.78, 5) is 4.40. The quantitative estimate of drug-likeness (QED) is 0.731. The Hall–Kier alpha value is -1.25. The highest BCUT2D eigenvalue weighted by atomic mass is 15.0. The monoisotopic (exact) mass is 249 g/mol. The Morgan fingerprint density at radius 3 is 2.06 bits per heavy atom. The molecule has 3 nitrogen and oxygen atoms in total. The minimum absolute atomic E-state index is 0.731. The van der Waals surface area contributed by atoms with Crippen molar-refractivity contribution in [3.8, 4) is 0 Å². The van der Waals surface area contributed by atoms with Gasteiger partial charge in [0.15, 0.2) is 0 Å². The third-order valence-electron chi connectivity index (χ3n) is 2.84. The second-order valence-corrected chi connectivity index (χ2v) is 5.65. The topological polar surface area (TPSA) is 37.0 Å². The summed E-state index contributed by atoms with van der Waals surface area (Å²) in [7, 11) is 0. The number of anilines is 2. The maximum absolute atomic E-state index is 4.40. The lowest BCUT2D eigenvalue weighted by Crippen LogP contribution is -2.07. The van der Waals surface area contributed by atoms with Crippen molar-refractivity contribution in [3.05, 3.63) is 18.3 Å². The Balaban J connectivity index is 2.28. The Labute approximate surface area is 111 Å². The molecule has 0 aromatic carbocycles. The van der Waals surface area contributed by atoms with Crippen molar-refractivity contribution in [1.29, 1.82) is 0 Å². The van der Waals surface area contributed by atoms with Gasteiger partial charge >= 0.3 is 0 Å². The van der Waals surface area contributed by atoms with Crippen LogP contribution in [0.15, 0.2) is 18.3 Å². The Kier molecular flexibility index (Phi) is 6.55. The normalized spacial score (nSPS) is 11.0. The van der Waals surface area contributed by atoms with Crippen LogP contribution >= 0.6 is 0 Å². The van der Waals surface area contributed by atoms with Crippen molar-refractivity contribution in [1.82, 2.24) is 4.98 Å². The van der Waals surface area contributed by atoms with E-state index in [1.807, 2.05) is 12.3 Å². The molecule has 0 fully saturated rings. The van der Waals surface area contributed by atoms with E-state index in [0.29, 0.717) is 0 Å². The minimum atomic E-state index is 0.731. The van der Waals surface area contributed by atoms with Crippen LogP contribution in [0.3, 0.4) is 0 Å². The van der Waals surface area contributed by atoms with Crippen LogP contribution in [0, 0.1) is 11.8 Å². The molecule has 0 aliphatic heterocycles. The molecule has 0 radical (unpaired) electrons. The van der Waals surface area contributed by atoms with Gasteiger partial charge in [-0.1, -0.05) is 27.7 Å². The average Bonchev–Trinajstić information content (AvgIpc) is 2.30. The van der Waals surface area contributed by atoms with Crippen molar-refractivity contribution >= 4 is 11.5 Å². The number of nitrogens with zero attached hydrogens (tertiary/aromatic N) is 1. The number of aromatic nitrogens is 1. The van der Waals surface area contributed by atoms with Gasteiger partial charge in [0.1, 0.15) is 5.82 Å². The molecule has 0 saturated carbocycles. The van der Waals surface area contributed by atoms with Crippen molar-refractivity contribution in [2.75, 3.05) is 23.7 Å². The van der Waals surface area contributed by atoms with Crippen LogP contribution in [-0.4, -0.2) is 18.1 Å². The van der Waals surface area contributed by atoms with Gasteiger partial charge in [0.25, 0.3) is 0 Å². The smallest absolute Gasteiger partial charge is 0.126 e. The molecular weight excluding hydrogens is 222 g/mol. The number of nitrogens with one attached hydrogen (secondary N) is 2. The van der Waals surface area contributed by atoms with Crippen LogP contribution in [0.4, 0.5) is 11.5 Å². The first-order valence-corrected chi connectivity index (χ1v) is 7.01. The van der Waals surface area contributed by atoms with Gasteiger partial charge in [-0.05, 0) is 36.8 Å². The lowest BCUT2D eigenvalue weighted by molar-refractivity contribution is 0.606. The standard InChI is InChI=1S/C15H27N3/c1-12(2)7-9-16-14-5-6-15(18-11-14)17-10-8-13(3)4/h5-6,11-13,16H,7-10H2,1-4H3,(H,17,18). The fraction of sp³-hybridized carbons (Fsp3) is 0.667. The van der Waals surface area contributed by atoms with E-state index in [9.17, 15) is 0 Å². The Bertz CT molecular complexity index is 284. The summed E-state index contributed by atoms with van der Waals surface area (Å²) in [5.41, 5.74) is 1.10. The predicted octanol–water partition coefficient (Wildman–Crippen LogP) is 4.00. The zero-order valence-corrected chi connectivity index (χ0v) is 12.2. The lowest BCUT2D eigenvalue weighted by Gasteiger charge is -2.10. The van der Waals surface area contributed by atoms with E-state index in [0.717, 1.165) is 36.4 Å². The summed E-state index contributed by atoms with van der Waals surface area (Å²) in [5.74, 6) is 2.43. The number of pyridine rings is 1. The molecule has 102 valence electrons. The van der Waals surface area contributed by atoms with Gasteiger partial charge in [-0.15, -0.1) is 0 Å². The van der Waals surface area contributed by atoms with Crippen LogP contribution in [0.25, 0.3) is 0 Å². The number of hydrogen-bond donors (Lipinski definition) is 2. The predicted molar refractivity (Wildman–Crippen MR) is 80.1 cm³/mol. The van der Waals surface area contributed by atoms with Gasteiger partial charge in [-0.2, -0.15) is 0 Å². The first-order valence-electron chi connectivity index (χ1n) is 7.01. The van der Waals surface area contributed by atoms with Crippen molar-refractivity contribution in [2.45, 2.75) is 40.5 Å². The molecule has 18 heavy (non-hydrogen) atoms. The third kappa shape index (κ3) is 6.48. The molecule has 0 atom stereocenters. The van der Waals surface area contributed by atoms with Crippen LogP contribution in [0.1, 0.15) is 40.5 Å². The molecule has 0 spiro atoms. The summed E-state index contributed by atoms with van der Waals surface area (Å²) in [6.45, 7) is 10.9. The molecule has 0 aliphatic rings. The highest BCUT2D eigenvalue weighted by Gasteiger charge is 1.98. The molecule has 1 heterocycles. The van der Waals surface area contributed by atoms with Crippen LogP contribution in [0.2, 0.25) is 0 Å². The fourth-order valence-electron chi connectivity index (χ4n) is 1.60. The van der Waals surface area contributed by atoms with E-state index >= 15 is 0 Å². The minimum Gasteiger partial charge on any atom is -0.384 e. The average molecular weight is 249 g/mol. The molecule has 0 unspecified atom stereocenters. The van der Waals surface area contributed by atoms with Crippen molar-refractivity contribution < 1.29 is 0 Å². The van der Waals surface area contributed by atoms with Gasteiger partial charge in [-0.3, -0.25) is 0 Å². The molecule has 0 bridgehead atoms. The van der Waals surface area contributed by atoms with Crippen molar-refractivity contribution in [2.24, 2.45) is 11.8 Å². The van der Waals surface area contributed by atoms with Crippen molar-refractivity contribution in [3.63, 3.8) is 0 Å². The zero-order chi connectivity index (χ0) is 13.4. The van der Waals surface area contributed by atoms with E-state index in [2.05, 4.69) is 49.4 Å². The molecule has 1 aromatic heterocycles. The molecule has 0 saturated heterocycles. The maximum atomic E-state index is 4.40. The molecule has 3 heteroatoms. The molecule has 0 amide bonds. The Morgan fingerprint density at radius 1 is 0.944 bits per heavy atom. The highest BCUT2D eigenvalue weighted by molar-refractivity contribution is 5.47. The second-order valence-electron chi connectivity index (χ2n) is 5.65. The molecular formula is C15H27N3. The summed E-state index contributed by atoms with van der Waals surface area (Å²) in [6, 6.07) is 4.13. The molecule has 2 N–H and O–H groups in total. The van der Waals surface area contributed by atoms with Crippen LogP contribution < -0.4 is 10.6 Å². The summed E-state index contributed by atoms with van der Waals surface area (Å²) < 4.78 is 0. The van der Waals surface area contributed by atoms with Gasteiger partial charge < -0.3 is 10.6 Å². The zero-order valence-electron chi connectivity index (χ0n) is 12.2. The van der Waals surface area contributed by atoms with Gasteiger partial charge in [0.05, 0.1) is 11.9 Å². The van der Waals surface area contributed by atoms with Gasteiger partial charge in [0, 0.05) is 13.1 Å². The molecule has 1 aromatic rings. The largest absolute Gasteiger partial charge is 0.384 e. The Morgan fingerprint density at radius 2 is 1.56 bits per heavy atom. The summed E-state index contributed by atoms with van der Waals surface area (Å²) in [6.07, 6.45) is 4.27. The molecule has 0 aliphatic carbocycles. The first kappa shape index (κ1) is 14.8. The summed E-state index contributed by atoms with van der Waals surface area (Å²) in [5, 5.41) is 6.73. The van der Waals surface area contributed by atoms with E-state index in [4.69, 9.17) is 0 Å². The molecule has 1 rings (SSSR count). The van der Waals surface area contributed by atoms with E-state index in [1.165, 1.54) is 12.8 Å². The summed E-state index contributed by atoms with van der Waals surface area (Å²) >= 11 is 0. The van der Waals surface area contributed by atoms with Gasteiger partial charge in [0.2, 0.25) is 0 Å². The van der Waals surface area contributed by atoms with E-state index in [1.54, 1.807) is 0 Å². The lowest BCUT2D eigenvalue weighted by atomic mass is 10.1.